The molecule has 0 bridgehead atoms. The van der Waals surface area contributed by atoms with E-state index in [1.165, 1.54) is 0 Å². The summed E-state index contributed by atoms with van der Waals surface area (Å²) < 4.78 is 26.4. The van der Waals surface area contributed by atoms with Gasteiger partial charge in [-0.3, -0.25) is 0 Å². The van der Waals surface area contributed by atoms with E-state index in [0.29, 0.717) is 24.6 Å². The second kappa shape index (κ2) is 5.61. The largest absolute Gasteiger partial charge is 0.378 e. The number of alkyl halides is 2. The number of hydrogen-bond acceptors (Lipinski definition) is 3. The van der Waals surface area contributed by atoms with Crippen LogP contribution >= 0.6 is 0 Å². The van der Waals surface area contributed by atoms with E-state index >= 15 is 0 Å². The second-order valence-corrected chi connectivity index (χ2v) is 6.04. The fourth-order valence-corrected chi connectivity index (χ4v) is 2.15. The van der Waals surface area contributed by atoms with Crippen LogP contribution in [0.3, 0.4) is 0 Å². The molecule has 1 aromatic rings. The van der Waals surface area contributed by atoms with Crippen molar-refractivity contribution in [1.82, 2.24) is 4.98 Å². The summed E-state index contributed by atoms with van der Waals surface area (Å²) in [7, 11) is 0. The van der Waals surface area contributed by atoms with E-state index in [-0.39, 0.29) is 12.8 Å². The normalized spacial score (nSPS) is 18.1. The van der Waals surface area contributed by atoms with Crippen molar-refractivity contribution in [2.24, 2.45) is 0 Å². The van der Waals surface area contributed by atoms with Crippen LogP contribution in [0.5, 0.6) is 0 Å². The molecule has 0 atom stereocenters. The molecule has 1 fully saturated rings. The van der Waals surface area contributed by atoms with Crippen LogP contribution in [0.1, 0.15) is 37.9 Å². The Balaban J connectivity index is 2.21. The molecule has 2 rings (SSSR count). The molecule has 0 spiro atoms. The van der Waals surface area contributed by atoms with Gasteiger partial charge in [0.05, 0.1) is 0 Å². The molecule has 0 radical (unpaired) electrons. The maximum absolute atomic E-state index is 13.2. The van der Waals surface area contributed by atoms with E-state index in [1.807, 2.05) is 24.0 Å². The molecule has 1 N–H and O–H groups in total. The zero-order valence-corrected chi connectivity index (χ0v) is 12.6. The van der Waals surface area contributed by atoms with E-state index in [1.54, 1.807) is 13.8 Å². The number of nitrogens with zero attached hydrogens (tertiary/aromatic N) is 2. The zero-order chi connectivity index (χ0) is 15.7. The van der Waals surface area contributed by atoms with Crippen LogP contribution in [0.4, 0.5) is 14.6 Å². The summed E-state index contributed by atoms with van der Waals surface area (Å²) in [6, 6.07) is 3.69. The number of aliphatic hydroxyl groups is 1. The van der Waals surface area contributed by atoms with E-state index in [4.69, 9.17) is 0 Å². The van der Waals surface area contributed by atoms with Gasteiger partial charge in [0.25, 0.3) is 5.92 Å². The Kier molecular flexibility index (Phi) is 4.20. The van der Waals surface area contributed by atoms with Gasteiger partial charge >= 0.3 is 0 Å². The van der Waals surface area contributed by atoms with Crippen molar-refractivity contribution in [2.45, 2.75) is 45.1 Å². The molecule has 0 aliphatic carbocycles. The lowest BCUT2D eigenvalue weighted by Gasteiger charge is -2.32. The van der Waals surface area contributed by atoms with Crippen LogP contribution in [0.2, 0.25) is 0 Å². The number of anilines is 1. The number of pyridine rings is 1. The van der Waals surface area contributed by atoms with Crippen molar-refractivity contribution < 1.29 is 13.9 Å². The average Bonchev–Trinajstić information content (AvgIpc) is 2.35. The monoisotopic (exact) mass is 294 g/mol. The highest BCUT2D eigenvalue weighted by atomic mass is 19.3. The van der Waals surface area contributed by atoms with Gasteiger partial charge in [-0.1, -0.05) is 5.92 Å². The molecule has 2 heterocycles. The van der Waals surface area contributed by atoms with Crippen LogP contribution < -0.4 is 4.90 Å². The molecular weight excluding hydrogens is 274 g/mol. The molecule has 0 aromatic carbocycles. The fourth-order valence-electron chi connectivity index (χ4n) is 2.15. The van der Waals surface area contributed by atoms with Crippen LogP contribution in [0.25, 0.3) is 0 Å². The lowest BCUT2D eigenvalue weighted by atomic mass is 10.1. The average molecular weight is 294 g/mol. The number of rotatable bonds is 1. The maximum atomic E-state index is 13.2. The Morgan fingerprint density at radius 2 is 1.90 bits per heavy atom. The van der Waals surface area contributed by atoms with E-state index in [9.17, 15) is 13.9 Å². The van der Waals surface area contributed by atoms with Crippen molar-refractivity contribution in [3.8, 4) is 11.8 Å². The molecule has 21 heavy (non-hydrogen) atoms. The fraction of sp³-hybridized carbons (Fsp3) is 0.562. The first-order valence-electron chi connectivity index (χ1n) is 7.02. The Morgan fingerprint density at radius 3 is 2.48 bits per heavy atom. The van der Waals surface area contributed by atoms with Gasteiger partial charge in [0, 0.05) is 25.9 Å². The van der Waals surface area contributed by atoms with Crippen molar-refractivity contribution >= 4 is 5.82 Å². The molecule has 1 saturated heterocycles. The van der Waals surface area contributed by atoms with Gasteiger partial charge < -0.3 is 10.0 Å². The number of piperidine rings is 1. The molecular formula is C16H20F2N2O. The first-order chi connectivity index (χ1) is 9.65. The van der Waals surface area contributed by atoms with Gasteiger partial charge in [-0.05, 0) is 44.4 Å². The van der Waals surface area contributed by atoms with Gasteiger partial charge in [0.2, 0.25) is 0 Å². The van der Waals surface area contributed by atoms with Crippen LogP contribution in [0, 0.1) is 18.8 Å². The van der Waals surface area contributed by atoms with Crippen LogP contribution in [-0.2, 0) is 0 Å². The minimum atomic E-state index is -2.57. The predicted octanol–water partition coefficient (Wildman–Crippen LogP) is 2.75. The van der Waals surface area contributed by atoms with Gasteiger partial charge in [-0.2, -0.15) is 0 Å². The first kappa shape index (κ1) is 15.7. The summed E-state index contributed by atoms with van der Waals surface area (Å²) >= 11 is 0. The first-order valence-corrected chi connectivity index (χ1v) is 7.02. The molecule has 0 saturated carbocycles. The smallest absolute Gasteiger partial charge is 0.251 e. The van der Waals surface area contributed by atoms with Crippen molar-refractivity contribution in [1.29, 1.82) is 0 Å². The minimum Gasteiger partial charge on any atom is -0.378 e. The molecule has 1 aliphatic heterocycles. The lowest BCUT2D eigenvalue weighted by Crippen LogP contribution is -2.39. The summed E-state index contributed by atoms with van der Waals surface area (Å²) in [4.78, 5) is 6.27. The Morgan fingerprint density at radius 1 is 1.29 bits per heavy atom. The number of halogens is 2. The van der Waals surface area contributed by atoms with Crippen molar-refractivity contribution in [3.05, 3.63) is 23.4 Å². The number of hydrogen-bond donors (Lipinski definition) is 1. The molecule has 1 aliphatic rings. The van der Waals surface area contributed by atoms with Crippen molar-refractivity contribution in [2.75, 3.05) is 18.0 Å². The van der Waals surface area contributed by atoms with Gasteiger partial charge in [-0.25, -0.2) is 13.8 Å². The third-order valence-corrected chi connectivity index (χ3v) is 3.27. The molecule has 3 nitrogen and oxygen atoms in total. The third kappa shape index (κ3) is 4.68. The summed E-state index contributed by atoms with van der Waals surface area (Å²) in [6.07, 6.45) is -0.291. The SMILES string of the molecule is Cc1cc(C#CC(C)(C)O)nc(N2CCC(F)(F)CC2)c1. The van der Waals surface area contributed by atoms with Crippen molar-refractivity contribution in [3.63, 3.8) is 0 Å². The highest BCUT2D eigenvalue weighted by Gasteiger charge is 2.34. The lowest BCUT2D eigenvalue weighted by molar-refractivity contribution is -0.0221. The quantitative estimate of drug-likeness (QED) is 0.809. The number of aromatic nitrogens is 1. The van der Waals surface area contributed by atoms with Crippen LogP contribution in [0.15, 0.2) is 12.1 Å². The Labute approximate surface area is 124 Å². The van der Waals surface area contributed by atoms with E-state index in [2.05, 4.69) is 16.8 Å². The van der Waals surface area contributed by atoms with Crippen LogP contribution in [-0.4, -0.2) is 34.7 Å². The molecule has 1 aromatic heterocycles. The third-order valence-electron chi connectivity index (χ3n) is 3.27. The van der Waals surface area contributed by atoms with Gasteiger partial charge in [0.15, 0.2) is 0 Å². The van der Waals surface area contributed by atoms with E-state index in [0.717, 1.165) is 5.56 Å². The number of aryl methyl sites for hydroxylation is 1. The Bertz CT molecular complexity index is 572. The molecule has 114 valence electrons. The summed E-state index contributed by atoms with van der Waals surface area (Å²) in [5.74, 6) is 3.65. The summed E-state index contributed by atoms with van der Waals surface area (Å²) in [6.45, 7) is 5.70. The van der Waals surface area contributed by atoms with Gasteiger partial charge in [0.1, 0.15) is 17.1 Å². The minimum absolute atomic E-state index is 0.146. The maximum Gasteiger partial charge on any atom is 0.251 e. The summed E-state index contributed by atoms with van der Waals surface area (Å²) in [5.41, 5.74) is 0.431. The zero-order valence-electron chi connectivity index (χ0n) is 12.6. The highest BCUT2D eigenvalue weighted by molar-refractivity contribution is 5.46. The highest BCUT2D eigenvalue weighted by Crippen LogP contribution is 2.30. The van der Waals surface area contributed by atoms with E-state index < -0.39 is 11.5 Å². The molecule has 5 heteroatoms. The second-order valence-electron chi connectivity index (χ2n) is 6.04. The topological polar surface area (TPSA) is 36.4 Å². The Hall–Kier alpha value is -1.67. The summed E-state index contributed by atoms with van der Waals surface area (Å²) in [5, 5.41) is 9.63. The molecule has 0 unspecified atom stereocenters. The predicted molar refractivity (Wildman–Crippen MR) is 78.5 cm³/mol. The molecule has 0 amide bonds. The standard InChI is InChI=1S/C16H20F2N2O/c1-12-10-13(4-5-15(2,3)21)19-14(11-12)20-8-6-16(17,18)7-9-20/h10-11,21H,6-9H2,1-3H3. The van der Waals surface area contributed by atoms with Gasteiger partial charge in [-0.15, -0.1) is 0 Å².